The number of aromatic nitrogens is 1. The summed E-state index contributed by atoms with van der Waals surface area (Å²) in [5.74, 6) is 0.878. The molecule has 1 saturated heterocycles. The van der Waals surface area contributed by atoms with Gasteiger partial charge in [0.2, 0.25) is 5.91 Å². The molecule has 0 saturated carbocycles. The number of hydrogen-bond acceptors (Lipinski definition) is 6. The maximum Gasteiger partial charge on any atom is 0.223 e. The smallest absolute Gasteiger partial charge is 0.223 e. The molecular weight excluding hydrogens is 306 g/mol. The number of nitrogens with zero attached hydrogens (tertiary/aromatic N) is 2. The van der Waals surface area contributed by atoms with E-state index in [2.05, 4.69) is 20.6 Å². The van der Waals surface area contributed by atoms with Crippen LogP contribution in [0.15, 0.2) is 5.41 Å². The number of aryl methyl sites for hydroxylation is 1. The summed E-state index contributed by atoms with van der Waals surface area (Å²) in [6, 6.07) is 0. The second-order valence-corrected chi connectivity index (χ2v) is 7.10. The highest BCUT2D eigenvalue weighted by atomic mass is 32.2. The molecule has 1 aromatic rings. The first kappa shape index (κ1) is 14.9. The van der Waals surface area contributed by atoms with Crippen molar-refractivity contribution in [3.05, 3.63) is 16.0 Å². The van der Waals surface area contributed by atoms with Gasteiger partial charge in [0.1, 0.15) is 0 Å². The van der Waals surface area contributed by atoms with Gasteiger partial charge in [-0.05, 0) is 25.2 Å². The molecule has 0 radical (unpaired) electrons. The summed E-state index contributed by atoms with van der Waals surface area (Å²) in [6.07, 6.45) is 2.65. The highest BCUT2D eigenvalue weighted by Gasteiger charge is 2.26. The lowest BCUT2D eigenvalue weighted by Gasteiger charge is -2.24. The third-order valence-electron chi connectivity index (χ3n) is 3.53. The minimum Gasteiger partial charge on any atom is -0.376 e. The molecule has 1 aromatic heterocycles. The first-order valence-corrected chi connectivity index (χ1v) is 8.93. The van der Waals surface area contributed by atoms with Gasteiger partial charge >= 0.3 is 0 Å². The van der Waals surface area contributed by atoms with Gasteiger partial charge in [-0.3, -0.25) is 4.79 Å². The van der Waals surface area contributed by atoms with E-state index in [0.717, 1.165) is 42.4 Å². The molecule has 0 aliphatic carbocycles. The minimum absolute atomic E-state index is 0.0821. The molecule has 1 N–H and O–H groups in total. The van der Waals surface area contributed by atoms with Crippen LogP contribution < -0.4 is 5.32 Å². The Bertz CT molecular complexity index is 565. The Labute approximate surface area is 132 Å². The van der Waals surface area contributed by atoms with Crippen LogP contribution in [0.1, 0.15) is 30.3 Å². The van der Waals surface area contributed by atoms with Crippen LogP contribution in [0.3, 0.4) is 0 Å². The normalized spacial score (nSPS) is 21.7. The molecule has 5 nitrogen and oxygen atoms in total. The molecule has 3 rings (SSSR count). The van der Waals surface area contributed by atoms with Crippen molar-refractivity contribution in [2.45, 2.75) is 32.8 Å². The van der Waals surface area contributed by atoms with Gasteiger partial charge in [0, 0.05) is 20.1 Å². The number of nitrogens with one attached hydrogen (secondary N) is 1. The van der Waals surface area contributed by atoms with E-state index in [9.17, 15) is 4.79 Å². The summed E-state index contributed by atoms with van der Waals surface area (Å²) in [5.41, 5.74) is 2.18. The number of thioether (sulfide) groups is 1. The summed E-state index contributed by atoms with van der Waals surface area (Å²) in [4.78, 5) is 19.1. The van der Waals surface area contributed by atoms with E-state index in [-0.39, 0.29) is 5.91 Å². The van der Waals surface area contributed by atoms with Crippen molar-refractivity contribution in [3.8, 4) is 0 Å². The molecule has 1 fully saturated rings. The molecule has 0 bridgehead atoms. The molecule has 0 aromatic carbocycles. The highest BCUT2D eigenvalue weighted by Crippen LogP contribution is 2.37. The van der Waals surface area contributed by atoms with Gasteiger partial charge in [-0.1, -0.05) is 11.3 Å². The van der Waals surface area contributed by atoms with Crippen LogP contribution >= 0.6 is 23.1 Å². The Hall–Kier alpha value is -1.05. The van der Waals surface area contributed by atoms with Crippen LogP contribution in [0.4, 0.5) is 5.13 Å². The van der Waals surface area contributed by atoms with Crippen LogP contribution in [-0.2, 0) is 9.53 Å². The molecule has 7 heteroatoms. The fourth-order valence-corrected chi connectivity index (χ4v) is 4.63. The third-order valence-corrected chi connectivity index (χ3v) is 5.47. The Morgan fingerprint density at radius 2 is 2.48 bits per heavy atom. The zero-order valence-corrected chi connectivity index (χ0v) is 13.9. The Morgan fingerprint density at radius 3 is 3.19 bits per heavy atom. The number of hydrogen-bond donors (Lipinski definition) is 1. The van der Waals surface area contributed by atoms with Gasteiger partial charge in [0.25, 0.3) is 0 Å². The topological polar surface area (TPSA) is 54.5 Å². The second kappa shape index (κ2) is 6.37. The molecule has 0 spiro atoms. The van der Waals surface area contributed by atoms with Crippen LogP contribution in [0, 0.1) is 6.92 Å². The predicted molar refractivity (Wildman–Crippen MR) is 87.3 cm³/mol. The van der Waals surface area contributed by atoms with Gasteiger partial charge < -0.3 is 15.0 Å². The van der Waals surface area contributed by atoms with E-state index >= 15 is 0 Å². The summed E-state index contributed by atoms with van der Waals surface area (Å²) in [5, 5.41) is 5.63. The lowest BCUT2D eigenvalue weighted by molar-refractivity contribution is -0.114. The van der Waals surface area contributed by atoms with Crippen molar-refractivity contribution < 1.29 is 9.53 Å². The fourth-order valence-electron chi connectivity index (χ4n) is 2.57. The molecule has 3 heterocycles. The Balaban J connectivity index is 1.75. The molecule has 21 heavy (non-hydrogen) atoms. The SMILES string of the molecule is CC(=O)Nc1nc(C)c(C2=CSCN2CC2CCCO2)s1. The van der Waals surface area contributed by atoms with Crippen molar-refractivity contribution in [2.24, 2.45) is 0 Å². The van der Waals surface area contributed by atoms with E-state index in [0.29, 0.717) is 11.2 Å². The average Bonchev–Trinajstić information content (AvgIpc) is 3.11. The summed E-state index contributed by atoms with van der Waals surface area (Å²) < 4.78 is 5.74. The molecule has 1 unspecified atom stereocenters. The molecular formula is C14H19N3O2S2. The van der Waals surface area contributed by atoms with Crippen molar-refractivity contribution >= 4 is 39.8 Å². The van der Waals surface area contributed by atoms with Crippen molar-refractivity contribution in [1.82, 2.24) is 9.88 Å². The Morgan fingerprint density at radius 1 is 1.62 bits per heavy atom. The summed E-state index contributed by atoms with van der Waals surface area (Å²) >= 11 is 3.34. The number of ether oxygens (including phenoxy) is 1. The van der Waals surface area contributed by atoms with Gasteiger partial charge in [-0.15, -0.1) is 11.8 Å². The number of thiazole rings is 1. The van der Waals surface area contributed by atoms with E-state index in [1.54, 1.807) is 11.8 Å². The minimum atomic E-state index is -0.0821. The highest BCUT2D eigenvalue weighted by molar-refractivity contribution is 8.02. The summed E-state index contributed by atoms with van der Waals surface area (Å²) in [7, 11) is 0. The van der Waals surface area contributed by atoms with Crippen molar-refractivity contribution in [3.63, 3.8) is 0 Å². The monoisotopic (exact) mass is 325 g/mol. The lowest BCUT2D eigenvalue weighted by Crippen LogP contribution is -2.28. The predicted octanol–water partition coefficient (Wildman–Crippen LogP) is 2.89. The zero-order valence-electron chi connectivity index (χ0n) is 12.2. The van der Waals surface area contributed by atoms with E-state index < -0.39 is 0 Å². The van der Waals surface area contributed by atoms with Crippen molar-refractivity contribution in [2.75, 3.05) is 24.3 Å². The van der Waals surface area contributed by atoms with Crippen LogP contribution in [-0.4, -0.2) is 40.9 Å². The van der Waals surface area contributed by atoms with Gasteiger partial charge in [0.15, 0.2) is 5.13 Å². The lowest BCUT2D eigenvalue weighted by atomic mass is 10.2. The van der Waals surface area contributed by atoms with E-state index in [1.807, 2.05) is 6.92 Å². The standard InChI is InChI=1S/C14H19N3O2S2/c1-9-13(21-14(15-9)16-10(2)18)12-7-20-8-17(12)6-11-4-3-5-19-11/h7,11H,3-6,8H2,1-2H3,(H,15,16,18). The third kappa shape index (κ3) is 3.41. The fraction of sp³-hybridized carbons (Fsp3) is 0.571. The number of anilines is 1. The molecule has 114 valence electrons. The largest absolute Gasteiger partial charge is 0.376 e. The maximum atomic E-state index is 11.2. The van der Waals surface area contributed by atoms with E-state index in [1.165, 1.54) is 24.0 Å². The van der Waals surface area contributed by atoms with Crippen molar-refractivity contribution in [1.29, 1.82) is 0 Å². The number of amides is 1. The molecule has 2 aliphatic rings. The first-order valence-electron chi connectivity index (χ1n) is 7.07. The molecule has 1 atom stereocenters. The number of carbonyl (C=O) groups is 1. The van der Waals surface area contributed by atoms with E-state index in [4.69, 9.17) is 4.74 Å². The summed E-state index contributed by atoms with van der Waals surface area (Å²) in [6.45, 7) is 5.32. The molecule has 2 aliphatic heterocycles. The van der Waals surface area contributed by atoms with Gasteiger partial charge in [-0.25, -0.2) is 4.98 Å². The number of rotatable bonds is 4. The second-order valence-electron chi connectivity index (χ2n) is 5.27. The van der Waals surface area contributed by atoms with Gasteiger partial charge in [-0.2, -0.15) is 0 Å². The van der Waals surface area contributed by atoms with Crippen LogP contribution in [0.5, 0.6) is 0 Å². The van der Waals surface area contributed by atoms with Crippen LogP contribution in [0.2, 0.25) is 0 Å². The quantitative estimate of drug-likeness (QED) is 0.922. The van der Waals surface area contributed by atoms with Gasteiger partial charge in [0.05, 0.1) is 28.2 Å². The average molecular weight is 325 g/mol. The molecule has 1 amide bonds. The zero-order chi connectivity index (χ0) is 14.8. The number of carbonyl (C=O) groups excluding carboxylic acids is 1. The van der Waals surface area contributed by atoms with Crippen LogP contribution in [0.25, 0.3) is 5.70 Å². The first-order chi connectivity index (χ1) is 10.1. The maximum absolute atomic E-state index is 11.2. The Kier molecular flexibility index (Phi) is 4.51.